The quantitative estimate of drug-likeness (QED) is 0.531. The fraction of sp³-hybridized carbons (Fsp3) is 0.400. The van der Waals surface area contributed by atoms with E-state index in [0.29, 0.717) is 0 Å². The largest absolute Gasteiger partial charge is 0.492 e. The zero-order valence-corrected chi connectivity index (χ0v) is 5.70. The molecule has 0 saturated heterocycles. The SMILES string of the molecule is CCNn1cc(O)nc1N. The van der Waals surface area contributed by atoms with Crippen molar-refractivity contribution in [3.05, 3.63) is 6.20 Å². The first-order valence-corrected chi connectivity index (χ1v) is 3.01. The standard InChI is InChI=1S/C5H10N4O/c1-2-7-9-3-4(10)8-5(9)6/h3,7,10H,2H2,1H3,(H2,6,8). The smallest absolute Gasteiger partial charge is 0.233 e. The van der Waals surface area contributed by atoms with Gasteiger partial charge in [-0.2, -0.15) is 4.98 Å². The maximum atomic E-state index is 8.81. The number of hydrogen-bond donors (Lipinski definition) is 3. The maximum Gasteiger partial charge on any atom is 0.233 e. The summed E-state index contributed by atoms with van der Waals surface area (Å²) in [4.78, 5) is 3.56. The van der Waals surface area contributed by atoms with Crippen LogP contribution in [0.15, 0.2) is 6.20 Å². The molecule has 0 aliphatic heterocycles. The molecule has 1 heterocycles. The van der Waals surface area contributed by atoms with Gasteiger partial charge in [0.25, 0.3) is 0 Å². The van der Waals surface area contributed by atoms with Gasteiger partial charge in [0.1, 0.15) is 0 Å². The van der Waals surface area contributed by atoms with Crippen LogP contribution in [0.25, 0.3) is 0 Å². The molecule has 4 N–H and O–H groups in total. The first-order valence-electron chi connectivity index (χ1n) is 3.01. The van der Waals surface area contributed by atoms with Crippen molar-refractivity contribution >= 4 is 5.95 Å². The summed E-state index contributed by atoms with van der Waals surface area (Å²) in [6, 6.07) is 0. The minimum Gasteiger partial charge on any atom is -0.492 e. The van der Waals surface area contributed by atoms with Crippen molar-refractivity contribution in [2.45, 2.75) is 6.92 Å². The fourth-order valence-corrected chi connectivity index (χ4v) is 0.679. The van der Waals surface area contributed by atoms with Crippen LogP contribution in [0.1, 0.15) is 6.92 Å². The lowest BCUT2D eigenvalue weighted by atomic mass is 10.8. The Morgan fingerprint density at radius 2 is 2.60 bits per heavy atom. The van der Waals surface area contributed by atoms with Crippen molar-refractivity contribution in [3.63, 3.8) is 0 Å². The summed E-state index contributed by atoms with van der Waals surface area (Å²) in [6.45, 7) is 2.66. The summed E-state index contributed by atoms with van der Waals surface area (Å²) in [7, 11) is 0. The second kappa shape index (κ2) is 2.47. The molecule has 56 valence electrons. The Kier molecular flexibility index (Phi) is 1.66. The van der Waals surface area contributed by atoms with Gasteiger partial charge in [-0.25, -0.2) is 4.68 Å². The molecule has 1 aromatic heterocycles. The van der Waals surface area contributed by atoms with E-state index in [2.05, 4.69) is 10.4 Å². The summed E-state index contributed by atoms with van der Waals surface area (Å²) in [6.07, 6.45) is 1.42. The second-order valence-electron chi connectivity index (χ2n) is 1.84. The van der Waals surface area contributed by atoms with Gasteiger partial charge >= 0.3 is 0 Å². The number of aromatic hydroxyl groups is 1. The van der Waals surface area contributed by atoms with Crippen LogP contribution in [0.2, 0.25) is 0 Å². The number of nitrogens with one attached hydrogen (secondary N) is 1. The van der Waals surface area contributed by atoms with Crippen LogP contribution in [-0.4, -0.2) is 21.3 Å². The highest BCUT2D eigenvalue weighted by Crippen LogP contribution is 2.07. The van der Waals surface area contributed by atoms with Gasteiger partial charge in [-0.05, 0) is 6.92 Å². The second-order valence-corrected chi connectivity index (χ2v) is 1.84. The van der Waals surface area contributed by atoms with Crippen molar-refractivity contribution < 1.29 is 5.11 Å². The molecule has 0 bridgehead atoms. The molecule has 1 aromatic rings. The normalized spacial score (nSPS) is 9.70. The van der Waals surface area contributed by atoms with E-state index in [1.165, 1.54) is 10.9 Å². The van der Waals surface area contributed by atoms with Gasteiger partial charge in [0.2, 0.25) is 11.8 Å². The Hall–Kier alpha value is -1.39. The molecule has 0 aliphatic rings. The summed E-state index contributed by atoms with van der Waals surface area (Å²) in [5, 5.41) is 8.81. The van der Waals surface area contributed by atoms with Crippen LogP contribution in [-0.2, 0) is 0 Å². The van der Waals surface area contributed by atoms with Crippen molar-refractivity contribution in [2.24, 2.45) is 0 Å². The molecule has 0 radical (unpaired) electrons. The molecule has 0 aromatic carbocycles. The zero-order chi connectivity index (χ0) is 7.56. The molecule has 5 heteroatoms. The third-order valence-corrected chi connectivity index (χ3v) is 1.05. The molecule has 0 aliphatic carbocycles. The number of aromatic nitrogens is 2. The van der Waals surface area contributed by atoms with E-state index >= 15 is 0 Å². The van der Waals surface area contributed by atoms with Gasteiger partial charge in [-0.1, -0.05) is 0 Å². The molecule has 0 unspecified atom stereocenters. The topological polar surface area (TPSA) is 76.1 Å². The van der Waals surface area contributed by atoms with Gasteiger partial charge < -0.3 is 16.3 Å². The van der Waals surface area contributed by atoms with Gasteiger partial charge in [0.05, 0.1) is 6.20 Å². The molecule has 0 atom stereocenters. The van der Waals surface area contributed by atoms with E-state index in [4.69, 9.17) is 10.8 Å². The highest BCUT2D eigenvalue weighted by Gasteiger charge is 1.99. The number of imidazole rings is 1. The summed E-state index contributed by atoms with van der Waals surface area (Å²) < 4.78 is 1.47. The highest BCUT2D eigenvalue weighted by atomic mass is 16.3. The Bertz CT molecular complexity index is 219. The summed E-state index contributed by atoms with van der Waals surface area (Å²) in [5.41, 5.74) is 8.22. The number of nitrogen functional groups attached to an aromatic ring is 1. The van der Waals surface area contributed by atoms with Crippen LogP contribution in [0, 0.1) is 0 Å². The zero-order valence-electron chi connectivity index (χ0n) is 5.70. The third kappa shape index (κ3) is 1.12. The molecular weight excluding hydrogens is 132 g/mol. The average molecular weight is 142 g/mol. The van der Waals surface area contributed by atoms with Crippen LogP contribution in [0.4, 0.5) is 5.95 Å². The molecule has 0 fully saturated rings. The first kappa shape index (κ1) is 6.73. The Morgan fingerprint density at radius 3 is 3.00 bits per heavy atom. The summed E-state index contributed by atoms with van der Waals surface area (Å²) in [5.74, 6) is 0.192. The molecule has 0 amide bonds. The molecule has 1 rings (SSSR count). The molecular formula is C5H10N4O. The van der Waals surface area contributed by atoms with E-state index in [1.807, 2.05) is 6.92 Å². The number of hydrogen-bond acceptors (Lipinski definition) is 4. The predicted octanol–water partition coefficient (Wildman–Crippen LogP) is -0.266. The van der Waals surface area contributed by atoms with Crippen molar-refractivity contribution in [1.82, 2.24) is 9.66 Å². The summed E-state index contributed by atoms with van der Waals surface area (Å²) >= 11 is 0. The van der Waals surface area contributed by atoms with E-state index in [0.717, 1.165) is 6.54 Å². The maximum absolute atomic E-state index is 8.81. The van der Waals surface area contributed by atoms with E-state index in [1.54, 1.807) is 0 Å². The van der Waals surface area contributed by atoms with Crippen LogP contribution in [0.5, 0.6) is 5.88 Å². The Morgan fingerprint density at radius 1 is 1.90 bits per heavy atom. The molecule has 0 saturated carbocycles. The molecule has 10 heavy (non-hydrogen) atoms. The van der Waals surface area contributed by atoms with Gasteiger partial charge in [0.15, 0.2) is 0 Å². The van der Waals surface area contributed by atoms with Crippen molar-refractivity contribution in [3.8, 4) is 5.88 Å². The van der Waals surface area contributed by atoms with Crippen LogP contribution in [0.3, 0.4) is 0 Å². The van der Waals surface area contributed by atoms with Crippen molar-refractivity contribution in [1.29, 1.82) is 0 Å². The number of anilines is 1. The number of rotatable bonds is 2. The average Bonchev–Trinajstić information content (AvgIpc) is 2.13. The Balaban J connectivity index is 2.81. The number of nitrogens with zero attached hydrogens (tertiary/aromatic N) is 2. The lowest BCUT2D eigenvalue weighted by Gasteiger charge is -2.02. The number of nitrogens with two attached hydrogens (primary N) is 1. The van der Waals surface area contributed by atoms with E-state index in [-0.39, 0.29) is 11.8 Å². The Labute approximate surface area is 58.5 Å². The lowest BCUT2D eigenvalue weighted by molar-refractivity contribution is 0.456. The van der Waals surface area contributed by atoms with Crippen LogP contribution >= 0.6 is 0 Å². The van der Waals surface area contributed by atoms with Gasteiger partial charge in [-0.15, -0.1) is 0 Å². The predicted molar refractivity (Wildman–Crippen MR) is 38.2 cm³/mol. The minimum atomic E-state index is -0.0709. The molecule has 5 nitrogen and oxygen atoms in total. The fourth-order valence-electron chi connectivity index (χ4n) is 0.679. The first-order chi connectivity index (χ1) is 4.74. The van der Waals surface area contributed by atoms with E-state index < -0.39 is 0 Å². The monoisotopic (exact) mass is 142 g/mol. The van der Waals surface area contributed by atoms with Crippen LogP contribution < -0.4 is 11.2 Å². The van der Waals surface area contributed by atoms with Gasteiger partial charge in [0, 0.05) is 6.54 Å². The minimum absolute atomic E-state index is 0.0709. The molecule has 0 spiro atoms. The van der Waals surface area contributed by atoms with Crippen molar-refractivity contribution in [2.75, 3.05) is 17.7 Å². The van der Waals surface area contributed by atoms with E-state index in [9.17, 15) is 0 Å². The highest BCUT2D eigenvalue weighted by molar-refractivity contribution is 5.25. The van der Waals surface area contributed by atoms with Gasteiger partial charge in [-0.3, -0.25) is 0 Å². The third-order valence-electron chi connectivity index (χ3n) is 1.05. The lowest BCUT2D eigenvalue weighted by Crippen LogP contribution is -2.15.